The molecule has 0 spiro atoms. The van der Waals surface area contributed by atoms with E-state index < -0.39 is 15.4 Å². The lowest BCUT2D eigenvalue weighted by Gasteiger charge is -2.26. The standard InChI is InChI=1S/C20H22N2O4S/c1-13-19(15-6-4-5-7-16(15)22-13)20(2,3)11-21-27(23,24)14-8-9-17-18(10-14)26-12-25-17/h4-10,21-22H,11-12H2,1-3H3. The monoisotopic (exact) mass is 386 g/mol. The second kappa shape index (κ2) is 6.28. The Hall–Kier alpha value is -2.51. The zero-order valence-corrected chi connectivity index (χ0v) is 16.3. The van der Waals surface area contributed by atoms with Crippen LogP contribution >= 0.6 is 0 Å². The zero-order chi connectivity index (χ0) is 19.2. The molecule has 27 heavy (non-hydrogen) atoms. The van der Waals surface area contributed by atoms with Gasteiger partial charge in [0.1, 0.15) is 0 Å². The van der Waals surface area contributed by atoms with Crippen molar-refractivity contribution in [1.29, 1.82) is 0 Å². The molecule has 0 saturated heterocycles. The lowest BCUT2D eigenvalue weighted by Crippen LogP contribution is -2.37. The van der Waals surface area contributed by atoms with Crippen LogP contribution in [0.3, 0.4) is 0 Å². The average Bonchev–Trinajstić information content (AvgIpc) is 3.22. The molecule has 1 aliphatic rings. The van der Waals surface area contributed by atoms with Gasteiger partial charge in [0.15, 0.2) is 11.5 Å². The van der Waals surface area contributed by atoms with Crippen LogP contribution in [0.5, 0.6) is 11.5 Å². The van der Waals surface area contributed by atoms with E-state index >= 15 is 0 Å². The summed E-state index contributed by atoms with van der Waals surface area (Å²) < 4.78 is 38.8. The van der Waals surface area contributed by atoms with Crippen LogP contribution in [-0.4, -0.2) is 26.7 Å². The van der Waals surface area contributed by atoms with Crippen LogP contribution in [0, 0.1) is 6.92 Å². The Labute approximate surface area is 158 Å². The maximum Gasteiger partial charge on any atom is 0.240 e. The van der Waals surface area contributed by atoms with E-state index in [0.29, 0.717) is 11.5 Å². The highest BCUT2D eigenvalue weighted by Crippen LogP contribution is 2.35. The average molecular weight is 386 g/mol. The van der Waals surface area contributed by atoms with E-state index in [1.165, 1.54) is 12.1 Å². The molecule has 6 nitrogen and oxygen atoms in total. The number of rotatable bonds is 5. The molecule has 7 heteroatoms. The molecular formula is C20H22N2O4S. The number of para-hydroxylation sites is 1. The molecule has 0 radical (unpaired) electrons. The first-order valence-electron chi connectivity index (χ1n) is 8.75. The summed E-state index contributed by atoms with van der Waals surface area (Å²) in [6.07, 6.45) is 0. The largest absolute Gasteiger partial charge is 0.454 e. The number of aromatic amines is 1. The molecule has 0 fully saturated rings. The summed E-state index contributed by atoms with van der Waals surface area (Å²) in [5.41, 5.74) is 2.82. The molecule has 142 valence electrons. The van der Waals surface area contributed by atoms with Gasteiger partial charge in [0.2, 0.25) is 16.8 Å². The molecule has 2 heterocycles. The van der Waals surface area contributed by atoms with Crippen molar-refractivity contribution in [2.75, 3.05) is 13.3 Å². The molecule has 2 N–H and O–H groups in total. The quantitative estimate of drug-likeness (QED) is 0.704. The van der Waals surface area contributed by atoms with E-state index in [0.717, 1.165) is 22.2 Å². The van der Waals surface area contributed by atoms with Gasteiger partial charge in [-0.3, -0.25) is 0 Å². The van der Waals surface area contributed by atoms with Crippen molar-refractivity contribution in [3.8, 4) is 11.5 Å². The second-order valence-corrected chi connectivity index (χ2v) is 9.16. The molecular weight excluding hydrogens is 364 g/mol. The van der Waals surface area contributed by atoms with Crippen molar-refractivity contribution in [2.24, 2.45) is 0 Å². The van der Waals surface area contributed by atoms with Gasteiger partial charge in [-0.1, -0.05) is 32.0 Å². The Morgan fingerprint density at radius 2 is 1.85 bits per heavy atom. The summed E-state index contributed by atoms with van der Waals surface area (Å²) in [7, 11) is -3.67. The first-order chi connectivity index (χ1) is 12.8. The van der Waals surface area contributed by atoms with E-state index in [1.54, 1.807) is 6.07 Å². The van der Waals surface area contributed by atoms with Crippen molar-refractivity contribution in [3.05, 3.63) is 53.7 Å². The number of sulfonamides is 1. The van der Waals surface area contributed by atoms with E-state index in [4.69, 9.17) is 9.47 Å². The highest BCUT2D eigenvalue weighted by Gasteiger charge is 2.29. The Kier molecular flexibility index (Phi) is 4.16. The summed E-state index contributed by atoms with van der Waals surface area (Å²) in [4.78, 5) is 3.55. The topological polar surface area (TPSA) is 80.4 Å². The summed E-state index contributed by atoms with van der Waals surface area (Å²) in [6, 6.07) is 12.7. The molecule has 1 aromatic heterocycles. The van der Waals surface area contributed by atoms with Crippen molar-refractivity contribution in [3.63, 3.8) is 0 Å². The Balaban J connectivity index is 1.60. The van der Waals surface area contributed by atoms with Crippen molar-refractivity contribution < 1.29 is 17.9 Å². The van der Waals surface area contributed by atoms with Crippen LogP contribution in [-0.2, 0) is 15.4 Å². The molecule has 0 amide bonds. The van der Waals surface area contributed by atoms with Gasteiger partial charge >= 0.3 is 0 Å². The zero-order valence-electron chi connectivity index (χ0n) is 15.5. The molecule has 0 aliphatic carbocycles. The summed E-state index contributed by atoms with van der Waals surface area (Å²) in [5.74, 6) is 1.01. The molecule has 0 saturated carbocycles. The normalized spacial score (nSPS) is 14.0. The molecule has 2 aromatic carbocycles. The van der Waals surface area contributed by atoms with E-state index in [2.05, 4.69) is 15.8 Å². The maximum atomic E-state index is 12.8. The Morgan fingerprint density at radius 1 is 1.11 bits per heavy atom. The Morgan fingerprint density at radius 3 is 2.67 bits per heavy atom. The van der Waals surface area contributed by atoms with Crippen molar-refractivity contribution in [2.45, 2.75) is 31.1 Å². The third kappa shape index (κ3) is 3.17. The molecule has 0 atom stereocenters. The number of nitrogens with one attached hydrogen (secondary N) is 2. The number of aromatic nitrogens is 1. The SMILES string of the molecule is Cc1[nH]c2ccccc2c1C(C)(C)CNS(=O)(=O)c1ccc2c(c1)OCO2. The maximum absolute atomic E-state index is 12.8. The first-order valence-corrected chi connectivity index (χ1v) is 10.2. The van der Waals surface area contributed by atoms with Gasteiger partial charge in [-0.05, 0) is 30.7 Å². The van der Waals surface area contributed by atoms with Crippen molar-refractivity contribution in [1.82, 2.24) is 9.71 Å². The summed E-state index contributed by atoms with van der Waals surface area (Å²) >= 11 is 0. The van der Waals surface area contributed by atoms with Crippen LogP contribution in [0.2, 0.25) is 0 Å². The number of ether oxygens (including phenoxy) is 2. The third-order valence-electron chi connectivity index (χ3n) is 4.93. The molecule has 1 aliphatic heterocycles. The minimum absolute atomic E-state index is 0.110. The van der Waals surface area contributed by atoms with Gasteiger partial charge < -0.3 is 14.5 Å². The predicted molar refractivity (Wildman–Crippen MR) is 104 cm³/mol. The lowest BCUT2D eigenvalue weighted by molar-refractivity contribution is 0.174. The fraction of sp³-hybridized carbons (Fsp3) is 0.300. The van der Waals surface area contributed by atoms with Crippen LogP contribution < -0.4 is 14.2 Å². The molecule has 0 unspecified atom stereocenters. The minimum Gasteiger partial charge on any atom is -0.454 e. The fourth-order valence-electron chi connectivity index (χ4n) is 3.64. The van der Waals surface area contributed by atoms with Crippen LogP contribution in [0.15, 0.2) is 47.4 Å². The number of aryl methyl sites for hydroxylation is 1. The Bertz CT molecular complexity index is 1120. The minimum atomic E-state index is -3.67. The molecule has 4 rings (SSSR count). The van der Waals surface area contributed by atoms with Crippen LogP contribution in [0.1, 0.15) is 25.1 Å². The van der Waals surface area contributed by atoms with Crippen molar-refractivity contribution >= 4 is 20.9 Å². The first kappa shape index (κ1) is 17.9. The van der Waals surface area contributed by atoms with Crippen LogP contribution in [0.4, 0.5) is 0 Å². The number of hydrogen-bond donors (Lipinski definition) is 2. The van der Waals surface area contributed by atoms with Gasteiger partial charge in [-0.25, -0.2) is 13.1 Å². The smallest absolute Gasteiger partial charge is 0.240 e. The van der Waals surface area contributed by atoms with Gasteiger partial charge in [0.05, 0.1) is 4.90 Å². The van der Waals surface area contributed by atoms with Gasteiger partial charge in [-0.2, -0.15) is 0 Å². The van der Waals surface area contributed by atoms with E-state index in [1.807, 2.05) is 39.0 Å². The number of fused-ring (bicyclic) bond motifs is 2. The lowest BCUT2D eigenvalue weighted by atomic mass is 9.83. The summed E-state index contributed by atoms with van der Waals surface area (Å²) in [5, 5.41) is 1.11. The van der Waals surface area contributed by atoms with Gasteiger partial charge in [0.25, 0.3) is 0 Å². The van der Waals surface area contributed by atoms with E-state index in [9.17, 15) is 8.42 Å². The highest BCUT2D eigenvalue weighted by atomic mass is 32.2. The second-order valence-electron chi connectivity index (χ2n) is 7.39. The number of benzene rings is 2. The highest BCUT2D eigenvalue weighted by molar-refractivity contribution is 7.89. The number of hydrogen-bond acceptors (Lipinski definition) is 4. The van der Waals surface area contributed by atoms with Crippen LogP contribution in [0.25, 0.3) is 10.9 Å². The predicted octanol–water partition coefficient (Wildman–Crippen LogP) is 3.46. The van der Waals surface area contributed by atoms with Gasteiger partial charge in [0, 0.05) is 34.6 Å². The third-order valence-corrected chi connectivity index (χ3v) is 6.33. The summed E-state index contributed by atoms with van der Waals surface area (Å²) in [6.45, 7) is 6.48. The molecule has 0 bridgehead atoms. The fourth-order valence-corrected chi connectivity index (χ4v) is 4.87. The van der Waals surface area contributed by atoms with E-state index in [-0.39, 0.29) is 18.2 Å². The number of H-pyrrole nitrogens is 1. The van der Waals surface area contributed by atoms with Gasteiger partial charge in [-0.15, -0.1) is 0 Å². The molecule has 3 aromatic rings.